The third-order valence-corrected chi connectivity index (χ3v) is 5.40. The predicted octanol–water partition coefficient (Wildman–Crippen LogP) is 3.83. The first-order valence-electron chi connectivity index (χ1n) is 8.24. The molecule has 6 heteroatoms. The van der Waals surface area contributed by atoms with Gasteiger partial charge in [0.05, 0.1) is 5.52 Å². The van der Waals surface area contributed by atoms with Gasteiger partial charge in [0.1, 0.15) is 16.4 Å². The third-order valence-electron chi connectivity index (χ3n) is 4.10. The first-order valence-corrected chi connectivity index (χ1v) is 9.65. The molecule has 3 rings (SSSR count). The smallest absolute Gasteiger partial charge is 0.339 e. The molecule has 0 radical (unpaired) electrons. The summed E-state index contributed by atoms with van der Waals surface area (Å²) >= 11 is 0. The molecule has 0 bridgehead atoms. The van der Waals surface area contributed by atoms with Crippen molar-refractivity contribution in [2.24, 2.45) is 0 Å². The van der Waals surface area contributed by atoms with Crippen LogP contribution in [0, 0.1) is 6.92 Å². The molecule has 0 spiro atoms. The van der Waals surface area contributed by atoms with Crippen molar-refractivity contribution in [3.63, 3.8) is 0 Å². The lowest BCUT2D eigenvalue weighted by molar-refractivity contribution is -0.116. The second kappa shape index (κ2) is 7.25. The lowest BCUT2D eigenvalue weighted by Crippen LogP contribution is -2.10. The van der Waals surface area contributed by atoms with E-state index in [9.17, 15) is 13.2 Å². The second-order valence-electron chi connectivity index (χ2n) is 6.16. The van der Waals surface area contributed by atoms with Crippen LogP contribution < -0.4 is 4.18 Å². The fourth-order valence-electron chi connectivity index (χ4n) is 2.71. The monoisotopic (exact) mass is 369 g/mol. The van der Waals surface area contributed by atoms with E-state index in [0.717, 1.165) is 11.1 Å². The molecule has 0 saturated carbocycles. The number of rotatable bonds is 6. The van der Waals surface area contributed by atoms with Crippen LogP contribution in [-0.4, -0.2) is 19.2 Å². The Balaban J connectivity index is 1.88. The second-order valence-corrected chi connectivity index (χ2v) is 7.68. The minimum atomic E-state index is -3.99. The van der Waals surface area contributed by atoms with Crippen LogP contribution in [0.5, 0.6) is 5.75 Å². The molecular weight excluding hydrogens is 350 g/mol. The van der Waals surface area contributed by atoms with E-state index in [0.29, 0.717) is 23.7 Å². The highest BCUT2D eigenvalue weighted by Gasteiger charge is 2.20. The van der Waals surface area contributed by atoms with Crippen molar-refractivity contribution in [2.75, 3.05) is 0 Å². The number of benzene rings is 2. The normalized spacial score (nSPS) is 11.5. The molecule has 0 aliphatic rings. The van der Waals surface area contributed by atoms with E-state index in [2.05, 4.69) is 4.98 Å². The largest absolute Gasteiger partial charge is 0.379 e. The number of hydrogen-bond acceptors (Lipinski definition) is 5. The summed E-state index contributed by atoms with van der Waals surface area (Å²) in [5.74, 6) is 0.349. The molecule has 26 heavy (non-hydrogen) atoms. The molecule has 0 unspecified atom stereocenters. The van der Waals surface area contributed by atoms with Crippen molar-refractivity contribution < 1.29 is 17.4 Å². The van der Waals surface area contributed by atoms with Crippen molar-refractivity contribution in [1.29, 1.82) is 0 Å². The Kier molecular flexibility index (Phi) is 5.04. The molecule has 0 amide bonds. The molecule has 3 aromatic rings. The number of aryl methyl sites for hydroxylation is 2. The molecule has 0 aliphatic heterocycles. The maximum atomic E-state index is 12.7. The number of fused-ring (bicyclic) bond motifs is 1. The van der Waals surface area contributed by atoms with Gasteiger partial charge in [0.15, 0.2) is 0 Å². The Labute approximate surface area is 152 Å². The van der Waals surface area contributed by atoms with Gasteiger partial charge in [0.2, 0.25) is 0 Å². The highest BCUT2D eigenvalue weighted by molar-refractivity contribution is 7.87. The number of aromatic nitrogens is 1. The van der Waals surface area contributed by atoms with Crippen LogP contribution in [-0.2, 0) is 21.3 Å². The number of Topliss-reactive ketones (excluding diaryl/α,β-unsaturated/α-hetero) is 1. The van der Waals surface area contributed by atoms with Gasteiger partial charge in [-0.15, -0.1) is 0 Å². The van der Waals surface area contributed by atoms with Crippen molar-refractivity contribution in [3.8, 4) is 5.75 Å². The molecule has 134 valence electrons. The van der Waals surface area contributed by atoms with E-state index < -0.39 is 10.1 Å². The van der Waals surface area contributed by atoms with Crippen LogP contribution in [0.2, 0.25) is 0 Å². The van der Waals surface area contributed by atoms with Crippen LogP contribution in [0.15, 0.2) is 59.6 Å². The number of hydrogen-bond donors (Lipinski definition) is 0. The Bertz CT molecular complexity index is 1060. The number of carbonyl (C=O) groups excluding carboxylic acids is 1. The zero-order valence-corrected chi connectivity index (χ0v) is 15.4. The lowest BCUT2D eigenvalue weighted by atomic mass is 10.1. The third kappa shape index (κ3) is 3.91. The molecule has 0 fully saturated rings. The number of ketones is 1. The van der Waals surface area contributed by atoms with Crippen LogP contribution in [0.4, 0.5) is 0 Å². The highest BCUT2D eigenvalue weighted by Crippen LogP contribution is 2.27. The van der Waals surface area contributed by atoms with E-state index in [-0.39, 0.29) is 16.4 Å². The quantitative estimate of drug-likeness (QED) is 0.617. The first kappa shape index (κ1) is 18.1. The van der Waals surface area contributed by atoms with Crippen molar-refractivity contribution >= 4 is 26.8 Å². The van der Waals surface area contributed by atoms with Gasteiger partial charge in [-0.2, -0.15) is 8.42 Å². The van der Waals surface area contributed by atoms with Gasteiger partial charge >= 0.3 is 10.1 Å². The number of nitrogens with zero attached hydrogens (tertiary/aromatic N) is 1. The van der Waals surface area contributed by atoms with Gasteiger partial charge in [-0.1, -0.05) is 18.2 Å². The molecule has 0 saturated heterocycles. The van der Waals surface area contributed by atoms with Gasteiger partial charge in [0.25, 0.3) is 0 Å². The molecule has 0 aliphatic carbocycles. The fraction of sp³-hybridized carbons (Fsp3) is 0.200. The average molecular weight is 369 g/mol. The van der Waals surface area contributed by atoms with Gasteiger partial charge in [-0.25, -0.2) is 0 Å². The summed E-state index contributed by atoms with van der Waals surface area (Å²) in [5.41, 5.74) is 2.49. The van der Waals surface area contributed by atoms with E-state index in [1.807, 2.05) is 6.92 Å². The molecule has 1 heterocycles. The summed E-state index contributed by atoms with van der Waals surface area (Å²) in [6.45, 7) is 3.43. The fourth-order valence-corrected chi connectivity index (χ4v) is 3.83. The van der Waals surface area contributed by atoms with Crippen LogP contribution in [0.25, 0.3) is 10.9 Å². The number of pyridine rings is 1. The van der Waals surface area contributed by atoms with Gasteiger partial charge in [0, 0.05) is 18.0 Å². The summed E-state index contributed by atoms with van der Waals surface area (Å²) < 4.78 is 30.8. The van der Waals surface area contributed by atoms with E-state index in [1.165, 1.54) is 6.07 Å². The maximum Gasteiger partial charge on any atom is 0.339 e. The Hall–Kier alpha value is -2.73. The molecule has 2 aromatic carbocycles. The molecule has 0 atom stereocenters. The predicted molar refractivity (Wildman–Crippen MR) is 99.7 cm³/mol. The topological polar surface area (TPSA) is 73.3 Å². The molecule has 5 nitrogen and oxygen atoms in total. The van der Waals surface area contributed by atoms with Crippen LogP contribution >= 0.6 is 0 Å². The summed E-state index contributed by atoms with van der Waals surface area (Å²) in [4.78, 5) is 15.4. The first-order chi connectivity index (χ1) is 12.4. The van der Waals surface area contributed by atoms with Crippen molar-refractivity contribution in [1.82, 2.24) is 4.98 Å². The molecule has 0 N–H and O–H groups in total. The van der Waals surface area contributed by atoms with Gasteiger partial charge in [-0.3, -0.25) is 4.98 Å². The zero-order chi connectivity index (χ0) is 18.7. The maximum absolute atomic E-state index is 12.7. The Morgan fingerprint density at radius 1 is 1.08 bits per heavy atom. The average Bonchev–Trinajstić information content (AvgIpc) is 2.61. The summed E-state index contributed by atoms with van der Waals surface area (Å²) in [5, 5.41) is 0.533. The van der Waals surface area contributed by atoms with Crippen LogP contribution in [0.3, 0.4) is 0 Å². The van der Waals surface area contributed by atoms with E-state index in [1.54, 1.807) is 55.6 Å². The van der Waals surface area contributed by atoms with E-state index in [4.69, 9.17) is 4.18 Å². The van der Waals surface area contributed by atoms with Crippen LogP contribution in [0.1, 0.15) is 24.5 Å². The van der Waals surface area contributed by atoms with E-state index >= 15 is 0 Å². The number of carbonyl (C=O) groups is 1. The minimum absolute atomic E-state index is 0.0897. The molecule has 1 aromatic heterocycles. The van der Waals surface area contributed by atoms with Gasteiger partial charge < -0.3 is 8.98 Å². The minimum Gasteiger partial charge on any atom is -0.379 e. The van der Waals surface area contributed by atoms with Crippen molar-refractivity contribution in [3.05, 3.63) is 65.9 Å². The summed E-state index contributed by atoms with van der Waals surface area (Å²) in [7, 11) is -3.99. The zero-order valence-electron chi connectivity index (χ0n) is 14.6. The van der Waals surface area contributed by atoms with Gasteiger partial charge in [-0.05, 0) is 61.7 Å². The summed E-state index contributed by atoms with van der Waals surface area (Å²) in [6.07, 6.45) is 2.71. The Morgan fingerprint density at radius 3 is 2.50 bits per heavy atom. The highest BCUT2D eigenvalue weighted by atomic mass is 32.2. The lowest BCUT2D eigenvalue weighted by Gasteiger charge is -2.11. The standard InChI is InChI=1S/C20H19NO4S/c1-14-5-12-19(18-4-3-13-21-20(14)18)26(23,24)25-17-10-8-16(9-11-17)7-6-15(2)22/h3-5,8-13H,6-7H2,1-2H3. The molecular formula is C20H19NO4S. The SMILES string of the molecule is CC(=O)CCc1ccc(OS(=O)(=O)c2ccc(C)c3ncccc23)cc1. The summed E-state index contributed by atoms with van der Waals surface area (Å²) in [6, 6.07) is 13.4. The Morgan fingerprint density at radius 2 is 1.81 bits per heavy atom. The van der Waals surface area contributed by atoms with Crippen molar-refractivity contribution in [2.45, 2.75) is 31.6 Å².